The first-order valence-corrected chi connectivity index (χ1v) is 5.06. The molecule has 0 saturated carbocycles. The van der Waals surface area contributed by atoms with Gasteiger partial charge in [-0.05, 0) is 12.1 Å². The van der Waals surface area contributed by atoms with Gasteiger partial charge < -0.3 is 9.84 Å². The maximum atomic E-state index is 10.8. The smallest absolute Gasteiger partial charge is 0.306 e. The second kappa shape index (κ2) is 5.49. The summed E-state index contributed by atoms with van der Waals surface area (Å²) in [4.78, 5) is 14.7. The molecule has 0 amide bonds. The number of methoxy groups -OCH3 is 1. The number of carbonyl (C=O) groups excluding carboxylic acids is 1. The van der Waals surface area contributed by atoms with E-state index < -0.39 is 0 Å². The fourth-order valence-electron chi connectivity index (χ4n) is 0.827. The molecule has 0 unspecified atom stereocenters. The van der Waals surface area contributed by atoms with Gasteiger partial charge in [0.15, 0.2) is 0 Å². The molecule has 4 nitrogen and oxygen atoms in total. The van der Waals surface area contributed by atoms with Crippen molar-refractivity contribution in [3.63, 3.8) is 0 Å². The molecule has 0 aliphatic heterocycles. The number of ether oxygens (including phenoxy) is 1. The first-order chi connectivity index (χ1) is 6.74. The fraction of sp³-hybridized carbons (Fsp3) is 0.333. The van der Waals surface area contributed by atoms with Gasteiger partial charge in [-0.15, -0.1) is 11.8 Å². The molecule has 0 radical (unpaired) electrons. The Bertz CT molecular complexity index is 317. The maximum Gasteiger partial charge on any atom is 0.306 e. The van der Waals surface area contributed by atoms with Gasteiger partial charge in [-0.3, -0.25) is 4.79 Å². The third-order valence-corrected chi connectivity index (χ3v) is 2.52. The Balaban J connectivity index is 2.39. The van der Waals surface area contributed by atoms with E-state index in [4.69, 9.17) is 0 Å². The monoisotopic (exact) mass is 213 g/mol. The number of thioether (sulfide) groups is 1. The lowest BCUT2D eigenvalue weighted by Crippen LogP contribution is -2.01. The third kappa shape index (κ3) is 3.26. The molecule has 1 aromatic rings. The van der Waals surface area contributed by atoms with Crippen LogP contribution in [0.4, 0.5) is 0 Å². The van der Waals surface area contributed by atoms with Gasteiger partial charge in [0.1, 0.15) is 10.8 Å². The normalized spacial score (nSPS) is 9.79. The number of aromatic nitrogens is 1. The van der Waals surface area contributed by atoms with E-state index in [1.54, 1.807) is 18.3 Å². The van der Waals surface area contributed by atoms with Crippen molar-refractivity contribution in [2.45, 2.75) is 11.4 Å². The largest absolute Gasteiger partial charge is 0.505 e. The topological polar surface area (TPSA) is 59.4 Å². The number of rotatable bonds is 4. The highest BCUT2D eigenvalue weighted by Crippen LogP contribution is 2.25. The van der Waals surface area contributed by atoms with Crippen molar-refractivity contribution in [3.8, 4) is 5.75 Å². The van der Waals surface area contributed by atoms with Crippen LogP contribution in [0.3, 0.4) is 0 Å². The van der Waals surface area contributed by atoms with Gasteiger partial charge in [0.05, 0.1) is 13.5 Å². The molecule has 5 heteroatoms. The summed E-state index contributed by atoms with van der Waals surface area (Å²) in [6.07, 6.45) is 1.91. The van der Waals surface area contributed by atoms with E-state index in [1.807, 2.05) is 0 Å². The molecule has 0 fully saturated rings. The van der Waals surface area contributed by atoms with Crippen molar-refractivity contribution < 1.29 is 14.6 Å². The molecular weight excluding hydrogens is 202 g/mol. The average Bonchev–Trinajstić information content (AvgIpc) is 2.20. The maximum absolute atomic E-state index is 10.8. The Labute approximate surface area is 86.3 Å². The lowest BCUT2D eigenvalue weighted by Gasteiger charge is -2.01. The highest BCUT2D eigenvalue weighted by Gasteiger charge is 2.04. The van der Waals surface area contributed by atoms with E-state index in [2.05, 4.69) is 9.72 Å². The average molecular weight is 213 g/mol. The second-order valence-electron chi connectivity index (χ2n) is 2.50. The molecule has 0 bridgehead atoms. The minimum atomic E-state index is -0.257. The summed E-state index contributed by atoms with van der Waals surface area (Å²) in [6, 6.07) is 3.22. The van der Waals surface area contributed by atoms with Crippen molar-refractivity contribution in [3.05, 3.63) is 18.3 Å². The van der Waals surface area contributed by atoms with Crippen LogP contribution in [-0.2, 0) is 9.53 Å². The number of aromatic hydroxyl groups is 1. The van der Waals surface area contributed by atoms with Crippen LogP contribution < -0.4 is 0 Å². The van der Waals surface area contributed by atoms with Crippen LogP contribution in [0.2, 0.25) is 0 Å². The van der Waals surface area contributed by atoms with Gasteiger partial charge in [0.2, 0.25) is 0 Å². The molecule has 0 aromatic carbocycles. The van der Waals surface area contributed by atoms with E-state index in [0.29, 0.717) is 17.2 Å². The summed E-state index contributed by atoms with van der Waals surface area (Å²) in [5, 5.41) is 9.87. The number of carbonyl (C=O) groups is 1. The molecule has 0 spiro atoms. The Morgan fingerprint density at radius 1 is 1.71 bits per heavy atom. The summed E-state index contributed by atoms with van der Waals surface area (Å²) in [5.41, 5.74) is 0. The molecule has 14 heavy (non-hydrogen) atoms. The van der Waals surface area contributed by atoms with Crippen LogP contribution in [0.1, 0.15) is 6.42 Å². The molecule has 0 aliphatic rings. The fourth-order valence-corrected chi connectivity index (χ4v) is 1.64. The van der Waals surface area contributed by atoms with E-state index in [9.17, 15) is 9.90 Å². The van der Waals surface area contributed by atoms with Gasteiger partial charge >= 0.3 is 5.97 Å². The second-order valence-corrected chi connectivity index (χ2v) is 3.59. The van der Waals surface area contributed by atoms with Crippen LogP contribution in [0, 0.1) is 0 Å². The summed E-state index contributed by atoms with van der Waals surface area (Å²) in [7, 11) is 1.35. The van der Waals surface area contributed by atoms with Crippen molar-refractivity contribution in [2.24, 2.45) is 0 Å². The van der Waals surface area contributed by atoms with Gasteiger partial charge in [-0.1, -0.05) is 0 Å². The van der Waals surface area contributed by atoms with E-state index in [1.165, 1.54) is 18.9 Å². The summed E-state index contributed by atoms with van der Waals surface area (Å²) >= 11 is 1.33. The van der Waals surface area contributed by atoms with E-state index in [0.717, 1.165) is 0 Å². The summed E-state index contributed by atoms with van der Waals surface area (Å²) in [6.45, 7) is 0. The van der Waals surface area contributed by atoms with E-state index >= 15 is 0 Å². The third-order valence-electron chi connectivity index (χ3n) is 1.52. The van der Waals surface area contributed by atoms with Crippen molar-refractivity contribution >= 4 is 17.7 Å². The molecule has 1 heterocycles. The van der Waals surface area contributed by atoms with E-state index in [-0.39, 0.29) is 11.7 Å². The van der Waals surface area contributed by atoms with Gasteiger partial charge in [-0.2, -0.15) is 0 Å². The lowest BCUT2D eigenvalue weighted by atomic mass is 10.5. The van der Waals surface area contributed by atoms with Gasteiger partial charge in [-0.25, -0.2) is 4.98 Å². The number of esters is 1. The number of nitrogens with zero attached hydrogens (tertiary/aromatic N) is 1. The number of hydrogen-bond donors (Lipinski definition) is 1. The molecule has 0 atom stereocenters. The van der Waals surface area contributed by atoms with Crippen molar-refractivity contribution in [2.75, 3.05) is 12.9 Å². The number of pyridine rings is 1. The summed E-state index contributed by atoms with van der Waals surface area (Å²) < 4.78 is 4.48. The Morgan fingerprint density at radius 3 is 3.14 bits per heavy atom. The Morgan fingerprint density at radius 2 is 2.50 bits per heavy atom. The molecule has 1 rings (SSSR count). The van der Waals surface area contributed by atoms with Crippen LogP contribution in [0.15, 0.2) is 23.4 Å². The predicted molar refractivity (Wildman–Crippen MR) is 53.3 cm³/mol. The Hall–Kier alpha value is -1.23. The molecular formula is C9H11NO3S. The first-order valence-electron chi connectivity index (χ1n) is 4.07. The zero-order valence-electron chi connectivity index (χ0n) is 7.77. The first kappa shape index (κ1) is 10.8. The molecule has 76 valence electrons. The predicted octanol–water partition coefficient (Wildman–Crippen LogP) is 1.44. The highest BCUT2D eigenvalue weighted by atomic mass is 32.2. The van der Waals surface area contributed by atoms with Crippen LogP contribution >= 0.6 is 11.8 Å². The summed E-state index contributed by atoms with van der Waals surface area (Å²) in [5.74, 6) is 0.437. The van der Waals surface area contributed by atoms with Crippen molar-refractivity contribution in [1.82, 2.24) is 4.98 Å². The number of hydrogen-bond acceptors (Lipinski definition) is 5. The van der Waals surface area contributed by atoms with Crippen molar-refractivity contribution in [1.29, 1.82) is 0 Å². The molecule has 0 saturated heterocycles. The van der Waals surface area contributed by atoms with Gasteiger partial charge in [0, 0.05) is 11.9 Å². The molecule has 1 N–H and O–H groups in total. The SMILES string of the molecule is COC(=O)CCSc1ncccc1O. The van der Waals surface area contributed by atoms with Crippen LogP contribution in [0.25, 0.3) is 0 Å². The zero-order valence-corrected chi connectivity index (χ0v) is 8.58. The minimum Gasteiger partial charge on any atom is -0.505 e. The van der Waals surface area contributed by atoms with Gasteiger partial charge in [0.25, 0.3) is 0 Å². The quantitative estimate of drug-likeness (QED) is 0.605. The minimum absolute atomic E-state index is 0.141. The Kier molecular flexibility index (Phi) is 4.25. The van der Waals surface area contributed by atoms with Crippen LogP contribution in [-0.4, -0.2) is 28.9 Å². The molecule has 0 aliphatic carbocycles. The lowest BCUT2D eigenvalue weighted by molar-refractivity contribution is -0.140. The standard InChI is InChI=1S/C9H11NO3S/c1-13-8(12)4-6-14-9-7(11)3-2-5-10-9/h2-3,5,11H,4,6H2,1H3. The van der Waals surface area contributed by atoms with Crippen LogP contribution in [0.5, 0.6) is 5.75 Å². The molecule has 1 aromatic heterocycles. The zero-order chi connectivity index (χ0) is 10.4. The highest BCUT2D eigenvalue weighted by molar-refractivity contribution is 7.99.